The lowest BCUT2D eigenvalue weighted by Crippen LogP contribution is -2.31. The second-order valence-electron chi connectivity index (χ2n) is 6.62. The molecular weight excluding hydrogens is 345 g/mol. The fourth-order valence-electron chi connectivity index (χ4n) is 2.32. The van der Waals surface area contributed by atoms with Crippen LogP contribution in [0.2, 0.25) is 0 Å². The smallest absolute Gasteiger partial charge is 0.416 e. The maximum Gasteiger partial charge on any atom is 0.416 e. The molecule has 1 amide bonds. The van der Waals surface area contributed by atoms with E-state index in [1.807, 2.05) is 6.07 Å². The van der Waals surface area contributed by atoms with Gasteiger partial charge < -0.3 is 9.73 Å². The molecule has 136 valence electrons. The Labute approximate surface area is 148 Å². The molecule has 0 aliphatic heterocycles. The molecule has 0 fully saturated rings. The first-order chi connectivity index (χ1) is 12.0. The van der Waals surface area contributed by atoms with Gasteiger partial charge in [0.15, 0.2) is 5.76 Å². The number of hydrogen-bond donors (Lipinski definition) is 1. The van der Waals surface area contributed by atoms with E-state index in [9.17, 15) is 23.2 Å². The second kappa shape index (κ2) is 7.08. The van der Waals surface area contributed by atoms with Crippen molar-refractivity contribution in [3.63, 3.8) is 0 Å². The van der Waals surface area contributed by atoms with Crippen molar-refractivity contribution < 1.29 is 22.4 Å². The Hall–Kier alpha value is -3.01. The molecule has 1 aromatic carbocycles. The summed E-state index contributed by atoms with van der Waals surface area (Å²) in [6.07, 6.45) is -3.21. The van der Waals surface area contributed by atoms with E-state index < -0.39 is 23.1 Å². The van der Waals surface area contributed by atoms with Gasteiger partial charge in [-0.2, -0.15) is 18.4 Å². The normalized spacial score (nSPS) is 13.0. The molecule has 1 aromatic heterocycles. The topological polar surface area (TPSA) is 66.0 Å². The molecule has 0 unspecified atom stereocenters. The average molecular weight is 362 g/mol. The zero-order valence-corrected chi connectivity index (χ0v) is 14.4. The fourth-order valence-corrected chi connectivity index (χ4v) is 2.32. The van der Waals surface area contributed by atoms with Gasteiger partial charge in [-0.1, -0.05) is 32.9 Å². The zero-order chi connectivity index (χ0) is 19.5. The molecule has 0 spiro atoms. The number of carbonyl (C=O) groups excluding carboxylic acids is 1. The first kappa shape index (κ1) is 19.3. The maximum atomic E-state index is 13.0. The Balaban J connectivity index is 2.56. The number of allylic oxidation sites excluding steroid dienone is 2. The van der Waals surface area contributed by atoms with Crippen LogP contribution >= 0.6 is 0 Å². The number of rotatable bonds is 3. The van der Waals surface area contributed by atoms with Crippen LogP contribution in [-0.2, 0) is 6.18 Å². The predicted octanol–water partition coefficient (Wildman–Crippen LogP) is 5.01. The maximum absolute atomic E-state index is 13.0. The van der Waals surface area contributed by atoms with Gasteiger partial charge in [0, 0.05) is 11.1 Å². The largest absolute Gasteiger partial charge is 0.459 e. The number of alkyl halides is 3. The van der Waals surface area contributed by atoms with E-state index in [0.717, 1.165) is 12.1 Å². The first-order valence-corrected chi connectivity index (χ1v) is 7.71. The van der Waals surface area contributed by atoms with E-state index in [2.05, 4.69) is 5.32 Å². The lowest BCUT2D eigenvalue weighted by molar-refractivity contribution is -0.137. The van der Waals surface area contributed by atoms with Crippen LogP contribution in [-0.4, -0.2) is 5.91 Å². The van der Waals surface area contributed by atoms with Crippen molar-refractivity contribution in [3.8, 4) is 6.07 Å². The molecule has 0 atom stereocenters. The molecule has 1 heterocycles. The minimum absolute atomic E-state index is 0.0353. The summed E-state index contributed by atoms with van der Waals surface area (Å²) in [6, 6.07) is 9.35. The molecular formula is C19H17F3N2O2. The van der Waals surface area contributed by atoms with Crippen molar-refractivity contribution >= 4 is 11.5 Å². The Kier molecular flexibility index (Phi) is 5.26. The molecule has 2 rings (SSSR count). The summed E-state index contributed by atoms with van der Waals surface area (Å²) in [5, 5.41) is 12.2. The summed E-state index contributed by atoms with van der Waals surface area (Å²) in [7, 11) is 0. The van der Waals surface area contributed by atoms with Gasteiger partial charge in [0.1, 0.15) is 6.07 Å². The molecule has 0 saturated carbocycles. The Morgan fingerprint density at radius 3 is 2.35 bits per heavy atom. The number of furan rings is 1. The van der Waals surface area contributed by atoms with Crippen LogP contribution in [0.1, 0.15) is 42.5 Å². The lowest BCUT2D eigenvalue weighted by Gasteiger charge is -2.25. The van der Waals surface area contributed by atoms with Crippen LogP contribution in [0.15, 0.2) is 52.8 Å². The average Bonchev–Trinajstić information content (AvgIpc) is 3.07. The highest BCUT2D eigenvalue weighted by Gasteiger charge is 2.31. The van der Waals surface area contributed by atoms with Crippen LogP contribution in [0.5, 0.6) is 0 Å². The van der Waals surface area contributed by atoms with Crippen molar-refractivity contribution in [2.45, 2.75) is 26.9 Å². The highest BCUT2D eigenvalue weighted by molar-refractivity contribution is 5.95. The summed E-state index contributed by atoms with van der Waals surface area (Å²) >= 11 is 0. The number of amides is 1. The van der Waals surface area contributed by atoms with Gasteiger partial charge >= 0.3 is 6.18 Å². The van der Waals surface area contributed by atoms with Crippen molar-refractivity contribution in [1.82, 2.24) is 5.32 Å². The third kappa shape index (κ3) is 4.33. The van der Waals surface area contributed by atoms with Gasteiger partial charge in [0.2, 0.25) is 0 Å². The summed E-state index contributed by atoms with van der Waals surface area (Å²) < 4.78 is 44.0. The molecule has 0 aliphatic carbocycles. The molecule has 0 bridgehead atoms. The number of halogens is 3. The van der Waals surface area contributed by atoms with Crippen molar-refractivity contribution in [1.29, 1.82) is 5.26 Å². The highest BCUT2D eigenvalue weighted by Crippen LogP contribution is 2.34. The molecule has 1 N–H and O–H groups in total. The zero-order valence-electron chi connectivity index (χ0n) is 14.4. The van der Waals surface area contributed by atoms with E-state index in [4.69, 9.17) is 4.42 Å². The minimum Gasteiger partial charge on any atom is -0.459 e. The van der Waals surface area contributed by atoms with Gasteiger partial charge in [-0.15, -0.1) is 0 Å². The highest BCUT2D eigenvalue weighted by atomic mass is 19.4. The van der Waals surface area contributed by atoms with Crippen molar-refractivity contribution in [2.75, 3.05) is 0 Å². The number of nitrogens with one attached hydrogen (secondary N) is 1. The second-order valence-corrected chi connectivity index (χ2v) is 6.62. The standard InChI is InChI=1S/C19H17F3N2O2/c1-18(2,3)16(24-17(25)15-8-5-9-26-15)14(11-23)12-6-4-7-13(10-12)19(20,21)22/h4-10H,1-3H3,(H,24,25). The number of nitriles is 1. The Bertz CT molecular complexity index is 867. The van der Waals surface area contributed by atoms with Gasteiger partial charge in [0.25, 0.3) is 5.91 Å². The summed E-state index contributed by atoms with van der Waals surface area (Å²) in [4.78, 5) is 12.3. The van der Waals surface area contributed by atoms with Gasteiger partial charge in [0.05, 0.1) is 17.4 Å². The van der Waals surface area contributed by atoms with Crippen LogP contribution < -0.4 is 5.32 Å². The third-order valence-electron chi connectivity index (χ3n) is 3.57. The molecule has 0 aliphatic rings. The molecule has 4 nitrogen and oxygen atoms in total. The molecule has 2 aromatic rings. The lowest BCUT2D eigenvalue weighted by atomic mass is 9.86. The predicted molar refractivity (Wildman–Crippen MR) is 89.6 cm³/mol. The van der Waals surface area contributed by atoms with Crippen LogP contribution in [0, 0.1) is 16.7 Å². The minimum atomic E-state index is -4.53. The van der Waals surface area contributed by atoms with E-state index in [-0.39, 0.29) is 22.6 Å². The van der Waals surface area contributed by atoms with Crippen LogP contribution in [0.3, 0.4) is 0 Å². The van der Waals surface area contributed by atoms with Gasteiger partial charge in [-0.25, -0.2) is 0 Å². The molecule has 26 heavy (non-hydrogen) atoms. The first-order valence-electron chi connectivity index (χ1n) is 7.71. The quantitative estimate of drug-likeness (QED) is 0.781. The summed E-state index contributed by atoms with van der Waals surface area (Å²) in [5.74, 6) is -0.548. The number of carbonyl (C=O) groups is 1. The molecule has 0 saturated heterocycles. The van der Waals surface area contributed by atoms with E-state index in [1.54, 1.807) is 20.8 Å². The van der Waals surface area contributed by atoms with Crippen molar-refractivity contribution in [3.05, 3.63) is 65.2 Å². The van der Waals surface area contributed by atoms with E-state index >= 15 is 0 Å². The summed E-state index contributed by atoms with van der Waals surface area (Å²) in [6.45, 7) is 5.24. The third-order valence-corrected chi connectivity index (χ3v) is 3.57. The van der Waals surface area contributed by atoms with E-state index in [1.165, 1.54) is 30.5 Å². The monoisotopic (exact) mass is 362 g/mol. The van der Waals surface area contributed by atoms with Crippen LogP contribution in [0.4, 0.5) is 13.2 Å². The summed E-state index contributed by atoms with van der Waals surface area (Å²) in [5.41, 5.74) is -1.33. The number of benzene rings is 1. The van der Waals surface area contributed by atoms with Gasteiger partial charge in [-0.3, -0.25) is 4.79 Å². The number of nitrogens with zero attached hydrogens (tertiary/aromatic N) is 1. The van der Waals surface area contributed by atoms with Crippen LogP contribution in [0.25, 0.3) is 5.57 Å². The molecule has 0 radical (unpaired) electrons. The SMILES string of the molecule is CC(C)(C)C(NC(=O)c1ccco1)=C(C#N)c1cccc(C(F)(F)F)c1. The Morgan fingerprint density at radius 1 is 1.15 bits per heavy atom. The van der Waals surface area contributed by atoms with E-state index in [0.29, 0.717) is 0 Å². The fraction of sp³-hybridized carbons (Fsp3) is 0.263. The van der Waals surface area contributed by atoms with Gasteiger partial charge in [-0.05, 0) is 29.8 Å². The Morgan fingerprint density at radius 2 is 1.85 bits per heavy atom. The van der Waals surface area contributed by atoms with Crippen molar-refractivity contribution in [2.24, 2.45) is 5.41 Å². The molecule has 7 heteroatoms. The number of hydrogen-bond acceptors (Lipinski definition) is 3.